The van der Waals surface area contributed by atoms with E-state index in [1.165, 1.54) is 32.2 Å². The first kappa shape index (κ1) is 17.2. The summed E-state index contributed by atoms with van der Waals surface area (Å²) in [6, 6.07) is 0.712. The van der Waals surface area contributed by atoms with Crippen LogP contribution in [0.15, 0.2) is 0 Å². The van der Waals surface area contributed by atoms with Crippen molar-refractivity contribution in [2.75, 3.05) is 32.8 Å². The van der Waals surface area contributed by atoms with Crippen LogP contribution in [0.5, 0.6) is 0 Å². The fourth-order valence-electron chi connectivity index (χ4n) is 4.13. The highest BCUT2D eigenvalue weighted by Gasteiger charge is 2.37. The molecule has 0 bridgehead atoms. The van der Waals surface area contributed by atoms with E-state index in [0.717, 1.165) is 32.2 Å². The summed E-state index contributed by atoms with van der Waals surface area (Å²) in [6.45, 7) is 17.0. The van der Waals surface area contributed by atoms with Gasteiger partial charge in [-0.2, -0.15) is 0 Å². The molecule has 124 valence electrons. The third-order valence-corrected chi connectivity index (χ3v) is 5.17. The molecule has 2 rings (SSSR count). The molecule has 0 aromatic heterocycles. The number of hydrogen-bond donors (Lipinski definition) is 1. The van der Waals surface area contributed by atoms with Crippen LogP contribution in [-0.2, 0) is 4.74 Å². The van der Waals surface area contributed by atoms with Crippen LogP contribution in [0, 0.1) is 11.3 Å². The second kappa shape index (κ2) is 6.97. The van der Waals surface area contributed by atoms with Crippen LogP contribution in [0.4, 0.5) is 0 Å². The lowest BCUT2D eigenvalue weighted by molar-refractivity contribution is -0.0922. The number of nitrogens with one attached hydrogen (secondary N) is 1. The van der Waals surface area contributed by atoms with Crippen LogP contribution in [0.25, 0.3) is 0 Å². The molecule has 0 spiro atoms. The molecule has 3 heteroatoms. The second-order valence-electron chi connectivity index (χ2n) is 8.57. The number of rotatable bonds is 5. The van der Waals surface area contributed by atoms with Crippen molar-refractivity contribution in [2.45, 2.75) is 71.9 Å². The van der Waals surface area contributed by atoms with E-state index >= 15 is 0 Å². The van der Waals surface area contributed by atoms with Gasteiger partial charge in [-0.15, -0.1) is 0 Å². The first-order valence-electron chi connectivity index (χ1n) is 8.91. The van der Waals surface area contributed by atoms with Crippen LogP contribution in [0.1, 0.15) is 60.3 Å². The highest BCUT2D eigenvalue weighted by atomic mass is 16.5. The van der Waals surface area contributed by atoms with Crippen molar-refractivity contribution in [3.05, 3.63) is 0 Å². The van der Waals surface area contributed by atoms with E-state index in [4.69, 9.17) is 4.74 Å². The van der Waals surface area contributed by atoms with Gasteiger partial charge >= 0.3 is 0 Å². The smallest absolute Gasteiger partial charge is 0.0753 e. The van der Waals surface area contributed by atoms with E-state index in [-0.39, 0.29) is 5.60 Å². The summed E-state index contributed by atoms with van der Waals surface area (Å²) in [5, 5.41) is 3.81. The molecule has 1 aliphatic carbocycles. The third-order valence-electron chi connectivity index (χ3n) is 5.17. The molecule has 1 saturated heterocycles. The molecule has 2 unspecified atom stereocenters. The maximum atomic E-state index is 5.86. The van der Waals surface area contributed by atoms with Gasteiger partial charge in [0.25, 0.3) is 0 Å². The zero-order valence-corrected chi connectivity index (χ0v) is 14.9. The van der Waals surface area contributed by atoms with Crippen LogP contribution in [-0.4, -0.2) is 49.3 Å². The number of nitrogens with zero attached hydrogens (tertiary/aromatic N) is 1. The average Bonchev–Trinajstić information content (AvgIpc) is 2.36. The zero-order valence-electron chi connectivity index (χ0n) is 14.9. The van der Waals surface area contributed by atoms with Crippen molar-refractivity contribution < 1.29 is 4.74 Å². The highest BCUT2D eigenvalue weighted by molar-refractivity contribution is 4.91. The van der Waals surface area contributed by atoms with E-state index in [1.54, 1.807) is 0 Å². The molecule has 0 aromatic rings. The van der Waals surface area contributed by atoms with Gasteiger partial charge in [-0.3, -0.25) is 4.90 Å². The summed E-state index contributed by atoms with van der Waals surface area (Å²) in [6.07, 6.45) is 5.29. The Bertz CT molecular complexity index is 327. The van der Waals surface area contributed by atoms with Crippen molar-refractivity contribution in [1.29, 1.82) is 0 Å². The summed E-state index contributed by atoms with van der Waals surface area (Å²) in [7, 11) is 0. The van der Waals surface area contributed by atoms with Gasteiger partial charge < -0.3 is 10.1 Å². The van der Waals surface area contributed by atoms with Crippen molar-refractivity contribution >= 4 is 0 Å². The second-order valence-corrected chi connectivity index (χ2v) is 8.57. The summed E-state index contributed by atoms with van der Waals surface area (Å²) >= 11 is 0. The van der Waals surface area contributed by atoms with E-state index in [2.05, 4.69) is 44.8 Å². The Morgan fingerprint density at radius 3 is 2.67 bits per heavy atom. The quantitative estimate of drug-likeness (QED) is 0.842. The molecule has 2 aliphatic rings. The minimum atomic E-state index is 0.0226. The SMILES string of the molecule is CCCNC1CCC(C)(C)CC1CN1CCOC(C)(C)C1. The van der Waals surface area contributed by atoms with E-state index in [0.29, 0.717) is 11.5 Å². The Morgan fingerprint density at radius 1 is 1.24 bits per heavy atom. The van der Waals surface area contributed by atoms with Crippen molar-refractivity contribution in [1.82, 2.24) is 10.2 Å². The van der Waals surface area contributed by atoms with Gasteiger partial charge in [0.15, 0.2) is 0 Å². The van der Waals surface area contributed by atoms with Crippen molar-refractivity contribution in [2.24, 2.45) is 11.3 Å². The number of morpholine rings is 1. The van der Waals surface area contributed by atoms with Gasteiger partial charge in [0.1, 0.15) is 0 Å². The van der Waals surface area contributed by atoms with Crippen LogP contribution in [0.2, 0.25) is 0 Å². The summed E-state index contributed by atoms with van der Waals surface area (Å²) in [5.74, 6) is 0.786. The molecule has 0 radical (unpaired) electrons. The molecule has 1 saturated carbocycles. The number of ether oxygens (including phenoxy) is 1. The lowest BCUT2D eigenvalue weighted by atomic mass is 9.69. The fourth-order valence-corrected chi connectivity index (χ4v) is 4.13. The minimum absolute atomic E-state index is 0.0226. The molecule has 0 amide bonds. The van der Waals surface area contributed by atoms with Crippen LogP contribution >= 0.6 is 0 Å². The standard InChI is InChI=1S/C18H36N2O/c1-6-9-19-16-7-8-17(2,3)12-15(16)13-20-10-11-21-18(4,5)14-20/h15-16,19H,6-14H2,1-5H3. The average molecular weight is 296 g/mol. The van der Waals surface area contributed by atoms with Crippen molar-refractivity contribution in [3.8, 4) is 0 Å². The maximum Gasteiger partial charge on any atom is 0.0753 e. The molecular weight excluding hydrogens is 260 g/mol. The summed E-state index contributed by atoms with van der Waals surface area (Å²) < 4.78 is 5.86. The lowest BCUT2D eigenvalue weighted by Gasteiger charge is -2.45. The van der Waals surface area contributed by atoms with E-state index in [9.17, 15) is 0 Å². The first-order chi connectivity index (χ1) is 9.81. The molecule has 0 aromatic carbocycles. The summed E-state index contributed by atoms with van der Waals surface area (Å²) in [4.78, 5) is 2.64. The minimum Gasteiger partial charge on any atom is -0.373 e. The molecule has 1 aliphatic heterocycles. The molecule has 21 heavy (non-hydrogen) atoms. The van der Waals surface area contributed by atoms with Gasteiger partial charge in [-0.05, 0) is 57.4 Å². The topological polar surface area (TPSA) is 24.5 Å². The van der Waals surface area contributed by atoms with E-state index in [1.807, 2.05) is 0 Å². The fraction of sp³-hybridized carbons (Fsp3) is 1.00. The predicted molar refractivity (Wildman–Crippen MR) is 89.7 cm³/mol. The van der Waals surface area contributed by atoms with Crippen LogP contribution < -0.4 is 5.32 Å². The monoisotopic (exact) mass is 296 g/mol. The van der Waals surface area contributed by atoms with E-state index < -0.39 is 0 Å². The summed E-state index contributed by atoms with van der Waals surface area (Å²) in [5.41, 5.74) is 0.533. The highest BCUT2D eigenvalue weighted by Crippen LogP contribution is 2.39. The Labute approximate surface area is 131 Å². The Balaban J connectivity index is 1.95. The molecule has 1 N–H and O–H groups in total. The molecular formula is C18H36N2O. The predicted octanol–water partition coefficient (Wildman–Crippen LogP) is 3.29. The van der Waals surface area contributed by atoms with Crippen LogP contribution in [0.3, 0.4) is 0 Å². The van der Waals surface area contributed by atoms with Gasteiger partial charge in [0.2, 0.25) is 0 Å². The molecule has 2 atom stereocenters. The van der Waals surface area contributed by atoms with Gasteiger partial charge in [0.05, 0.1) is 12.2 Å². The van der Waals surface area contributed by atoms with Crippen molar-refractivity contribution in [3.63, 3.8) is 0 Å². The Morgan fingerprint density at radius 2 is 2.00 bits per heavy atom. The molecule has 2 fully saturated rings. The van der Waals surface area contributed by atoms with Gasteiger partial charge in [-0.25, -0.2) is 0 Å². The maximum absolute atomic E-state index is 5.86. The Kier molecular flexibility index (Phi) is 5.72. The lowest BCUT2D eigenvalue weighted by Crippen LogP contribution is -2.53. The molecule has 3 nitrogen and oxygen atoms in total. The number of hydrogen-bond acceptors (Lipinski definition) is 3. The third kappa shape index (κ3) is 5.22. The Hall–Kier alpha value is -0.120. The largest absolute Gasteiger partial charge is 0.373 e. The molecule has 1 heterocycles. The van der Waals surface area contributed by atoms with Gasteiger partial charge in [-0.1, -0.05) is 20.8 Å². The first-order valence-corrected chi connectivity index (χ1v) is 8.91. The van der Waals surface area contributed by atoms with Gasteiger partial charge in [0, 0.05) is 25.7 Å². The zero-order chi connectivity index (χ0) is 15.5. The normalized spacial score (nSPS) is 33.0.